The van der Waals surface area contributed by atoms with Crippen LogP contribution < -0.4 is 14.8 Å². The third-order valence-corrected chi connectivity index (χ3v) is 3.60. The summed E-state index contributed by atoms with van der Waals surface area (Å²) in [6, 6.07) is 6.81. The highest BCUT2D eigenvalue weighted by atomic mass is 35.5. The van der Waals surface area contributed by atoms with Crippen molar-refractivity contribution in [1.82, 2.24) is 15.0 Å². The van der Waals surface area contributed by atoms with Crippen molar-refractivity contribution in [2.75, 3.05) is 19.5 Å². The summed E-state index contributed by atoms with van der Waals surface area (Å²) in [4.78, 5) is 12.7. The topological polar surface area (TPSA) is 89.4 Å². The Labute approximate surface area is 149 Å². The van der Waals surface area contributed by atoms with Gasteiger partial charge in [0.05, 0.1) is 36.8 Å². The van der Waals surface area contributed by atoms with Gasteiger partial charge in [-0.05, 0) is 24.3 Å². The van der Waals surface area contributed by atoms with Crippen LogP contribution in [0.5, 0.6) is 17.2 Å². The minimum absolute atomic E-state index is 0.0637. The number of aromatic nitrogens is 3. The first-order valence-corrected chi connectivity index (χ1v) is 7.64. The lowest BCUT2D eigenvalue weighted by Gasteiger charge is -2.11. The van der Waals surface area contributed by atoms with Crippen molar-refractivity contribution in [2.45, 2.75) is 0 Å². The van der Waals surface area contributed by atoms with Crippen molar-refractivity contribution in [3.05, 3.63) is 47.9 Å². The molecule has 0 saturated carbocycles. The number of ether oxygens (including phenoxy) is 2. The average molecular weight is 359 g/mol. The van der Waals surface area contributed by atoms with Gasteiger partial charge in [-0.3, -0.25) is 4.98 Å². The van der Waals surface area contributed by atoms with Gasteiger partial charge < -0.3 is 19.9 Å². The fraction of sp³-hybridized carbons (Fsp3) is 0.118. The van der Waals surface area contributed by atoms with Crippen LogP contribution in [0.1, 0.15) is 0 Å². The highest BCUT2D eigenvalue weighted by Crippen LogP contribution is 2.39. The van der Waals surface area contributed by atoms with E-state index in [1.165, 1.54) is 14.2 Å². The van der Waals surface area contributed by atoms with E-state index in [2.05, 4.69) is 20.3 Å². The van der Waals surface area contributed by atoms with Crippen LogP contribution in [0.25, 0.3) is 11.3 Å². The number of methoxy groups -OCH3 is 2. The van der Waals surface area contributed by atoms with Crippen molar-refractivity contribution >= 4 is 23.2 Å². The SMILES string of the molecule is COc1cc(-c2ccnc(Nc3cncc(Cl)c3)n2)cc(OC)c1O. The van der Waals surface area contributed by atoms with E-state index in [0.29, 0.717) is 39.4 Å². The number of anilines is 2. The van der Waals surface area contributed by atoms with E-state index >= 15 is 0 Å². The molecule has 2 N–H and O–H groups in total. The first-order valence-electron chi connectivity index (χ1n) is 7.26. The van der Waals surface area contributed by atoms with Crippen LogP contribution in [0.3, 0.4) is 0 Å². The maximum absolute atomic E-state index is 10.0. The van der Waals surface area contributed by atoms with E-state index in [1.54, 1.807) is 42.9 Å². The lowest BCUT2D eigenvalue weighted by molar-refractivity contribution is 0.340. The molecule has 8 heteroatoms. The Bertz CT molecular complexity index is 880. The second-order valence-corrected chi connectivity index (χ2v) is 5.45. The number of phenolic OH excluding ortho intramolecular Hbond substituents is 1. The van der Waals surface area contributed by atoms with Crippen LogP contribution in [0.4, 0.5) is 11.6 Å². The number of phenols is 1. The largest absolute Gasteiger partial charge is 0.502 e. The molecule has 0 bridgehead atoms. The Morgan fingerprint density at radius 3 is 2.44 bits per heavy atom. The molecular formula is C17H15ClN4O3. The van der Waals surface area contributed by atoms with Crippen LogP contribution in [0.2, 0.25) is 5.02 Å². The molecule has 128 valence electrons. The van der Waals surface area contributed by atoms with E-state index < -0.39 is 0 Å². The van der Waals surface area contributed by atoms with Gasteiger partial charge in [0.25, 0.3) is 0 Å². The molecule has 25 heavy (non-hydrogen) atoms. The van der Waals surface area contributed by atoms with Gasteiger partial charge in [0.1, 0.15) is 0 Å². The van der Waals surface area contributed by atoms with Gasteiger partial charge in [-0.2, -0.15) is 0 Å². The third kappa shape index (κ3) is 3.72. The smallest absolute Gasteiger partial charge is 0.227 e. The normalized spacial score (nSPS) is 10.4. The van der Waals surface area contributed by atoms with Crippen molar-refractivity contribution in [3.63, 3.8) is 0 Å². The second-order valence-electron chi connectivity index (χ2n) is 5.01. The number of pyridine rings is 1. The predicted octanol–water partition coefficient (Wildman–Crippen LogP) is 3.66. The Morgan fingerprint density at radius 2 is 1.80 bits per heavy atom. The highest BCUT2D eigenvalue weighted by molar-refractivity contribution is 6.30. The van der Waals surface area contributed by atoms with Crippen LogP contribution in [0, 0.1) is 0 Å². The van der Waals surface area contributed by atoms with Crippen LogP contribution >= 0.6 is 11.6 Å². The molecule has 0 aliphatic rings. The molecule has 3 aromatic rings. The summed E-state index contributed by atoms with van der Waals surface area (Å²) in [5.41, 5.74) is 2.01. The van der Waals surface area contributed by atoms with Crippen molar-refractivity contribution in [3.8, 4) is 28.5 Å². The minimum atomic E-state index is -0.0637. The van der Waals surface area contributed by atoms with E-state index in [4.69, 9.17) is 21.1 Å². The van der Waals surface area contributed by atoms with E-state index in [0.717, 1.165) is 0 Å². The molecule has 7 nitrogen and oxygen atoms in total. The quantitative estimate of drug-likeness (QED) is 0.719. The summed E-state index contributed by atoms with van der Waals surface area (Å²) in [6.07, 6.45) is 4.78. The van der Waals surface area contributed by atoms with E-state index in [1.807, 2.05) is 0 Å². The van der Waals surface area contributed by atoms with Crippen LogP contribution in [-0.2, 0) is 0 Å². The van der Waals surface area contributed by atoms with Crippen LogP contribution in [0.15, 0.2) is 42.9 Å². The number of benzene rings is 1. The summed E-state index contributed by atoms with van der Waals surface area (Å²) in [6.45, 7) is 0. The molecule has 0 amide bonds. The third-order valence-electron chi connectivity index (χ3n) is 3.39. The molecule has 0 unspecified atom stereocenters. The van der Waals surface area contributed by atoms with Gasteiger partial charge in [-0.15, -0.1) is 0 Å². The number of rotatable bonds is 5. The number of hydrogen-bond acceptors (Lipinski definition) is 7. The summed E-state index contributed by atoms with van der Waals surface area (Å²) < 4.78 is 10.4. The Morgan fingerprint density at radius 1 is 1.08 bits per heavy atom. The molecular weight excluding hydrogens is 344 g/mol. The predicted molar refractivity (Wildman–Crippen MR) is 94.8 cm³/mol. The highest BCUT2D eigenvalue weighted by Gasteiger charge is 2.13. The number of nitrogens with one attached hydrogen (secondary N) is 1. The fourth-order valence-electron chi connectivity index (χ4n) is 2.23. The average Bonchev–Trinajstić information content (AvgIpc) is 2.62. The zero-order chi connectivity index (χ0) is 17.8. The molecule has 0 radical (unpaired) electrons. The summed E-state index contributed by atoms with van der Waals surface area (Å²) in [5, 5.41) is 13.6. The first-order chi connectivity index (χ1) is 12.1. The molecule has 0 aliphatic heterocycles. The first kappa shape index (κ1) is 16.8. The van der Waals surface area contributed by atoms with Crippen molar-refractivity contribution in [2.24, 2.45) is 0 Å². The lowest BCUT2D eigenvalue weighted by atomic mass is 10.1. The standard InChI is InChI=1S/C17H15ClN4O3/c1-24-14-5-10(6-15(25-2)16(14)23)13-3-4-20-17(22-13)21-12-7-11(18)8-19-9-12/h3-9,23H,1-2H3,(H,20,21,22). The molecule has 2 heterocycles. The molecule has 0 fully saturated rings. The summed E-state index contributed by atoms with van der Waals surface area (Å²) in [5.74, 6) is 0.904. The molecule has 0 saturated heterocycles. The zero-order valence-corrected chi connectivity index (χ0v) is 14.3. The monoisotopic (exact) mass is 358 g/mol. The molecule has 1 aromatic carbocycles. The zero-order valence-electron chi connectivity index (χ0n) is 13.5. The van der Waals surface area contributed by atoms with Crippen molar-refractivity contribution < 1.29 is 14.6 Å². The number of nitrogens with zero attached hydrogens (tertiary/aromatic N) is 3. The number of aromatic hydroxyl groups is 1. The minimum Gasteiger partial charge on any atom is -0.502 e. The van der Waals surface area contributed by atoms with Crippen molar-refractivity contribution in [1.29, 1.82) is 0 Å². The lowest BCUT2D eigenvalue weighted by Crippen LogP contribution is -1.99. The van der Waals surface area contributed by atoms with Crippen LogP contribution in [-0.4, -0.2) is 34.3 Å². The Kier molecular flexibility index (Phi) is 4.85. The molecule has 0 atom stereocenters. The molecule has 2 aromatic heterocycles. The maximum Gasteiger partial charge on any atom is 0.227 e. The maximum atomic E-state index is 10.0. The van der Waals surface area contributed by atoms with Gasteiger partial charge >= 0.3 is 0 Å². The van der Waals surface area contributed by atoms with Gasteiger partial charge in [0.2, 0.25) is 11.7 Å². The number of hydrogen-bond donors (Lipinski definition) is 2. The fourth-order valence-corrected chi connectivity index (χ4v) is 2.40. The Balaban J connectivity index is 1.96. The summed E-state index contributed by atoms with van der Waals surface area (Å²) >= 11 is 5.93. The summed E-state index contributed by atoms with van der Waals surface area (Å²) in [7, 11) is 2.94. The molecule has 0 aliphatic carbocycles. The molecule has 0 spiro atoms. The van der Waals surface area contributed by atoms with Gasteiger partial charge in [0.15, 0.2) is 11.5 Å². The number of halogens is 1. The second kappa shape index (κ2) is 7.23. The van der Waals surface area contributed by atoms with E-state index in [-0.39, 0.29) is 5.75 Å². The molecule has 3 rings (SSSR count). The van der Waals surface area contributed by atoms with E-state index in [9.17, 15) is 5.11 Å². The Hall–Kier alpha value is -3.06. The van der Waals surface area contributed by atoms with Gasteiger partial charge in [0, 0.05) is 18.0 Å². The van der Waals surface area contributed by atoms with Gasteiger partial charge in [-0.1, -0.05) is 11.6 Å². The van der Waals surface area contributed by atoms with Gasteiger partial charge in [-0.25, -0.2) is 9.97 Å².